The molecule has 80 valence electrons. The van der Waals surface area contributed by atoms with Crippen LogP contribution in [0.3, 0.4) is 0 Å². The predicted octanol–water partition coefficient (Wildman–Crippen LogP) is 2.62. The zero-order valence-electron chi connectivity index (χ0n) is 8.56. The van der Waals surface area contributed by atoms with Crippen molar-refractivity contribution in [1.29, 1.82) is 0 Å². The van der Waals surface area contributed by atoms with Crippen molar-refractivity contribution < 1.29 is 9.18 Å². The van der Waals surface area contributed by atoms with Crippen molar-refractivity contribution in [3.8, 4) is 0 Å². The first kappa shape index (κ1) is 10.5. The lowest BCUT2D eigenvalue weighted by atomic mass is 10.1. The minimum Gasteiger partial charge on any atom is -0.298 e. The maximum Gasteiger partial charge on any atom is 0.152 e. The predicted molar refractivity (Wildman–Crippen MR) is 58.8 cm³/mol. The largest absolute Gasteiger partial charge is 0.298 e. The molecular formula is C13H10FNO. The molecule has 16 heavy (non-hydrogen) atoms. The second-order valence-electron chi connectivity index (χ2n) is 3.47. The van der Waals surface area contributed by atoms with Crippen LogP contribution in [0.25, 0.3) is 0 Å². The first-order valence-corrected chi connectivity index (χ1v) is 4.93. The van der Waals surface area contributed by atoms with E-state index in [9.17, 15) is 9.18 Å². The van der Waals surface area contributed by atoms with Gasteiger partial charge in [0.05, 0.1) is 5.56 Å². The zero-order valence-corrected chi connectivity index (χ0v) is 8.56. The number of carbonyl (C=O) groups excluding carboxylic acids is 1. The molecule has 2 rings (SSSR count). The second kappa shape index (κ2) is 4.66. The van der Waals surface area contributed by atoms with Gasteiger partial charge in [0.2, 0.25) is 0 Å². The van der Waals surface area contributed by atoms with Crippen LogP contribution in [0.1, 0.15) is 21.6 Å². The van der Waals surface area contributed by atoms with Crippen LogP contribution in [0.15, 0.2) is 42.6 Å². The number of hydrogen-bond acceptors (Lipinski definition) is 2. The molecule has 1 aromatic heterocycles. The number of pyridine rings is 1. The third kappa shape index (κ3) is 2.31. The Morgan fingerprint density at radius 3 is 2.75 bits per heavy atom. The third-order valence-electron chi connectivity index (χ3n) is 2.30. The maximum absolute atomic E-state index is 13.3. The van der Waals surface area contributed by atoms with Crippen molar-refractivity contribution in [2.75, 3.05) is 0 Å². The van der Waals surface area contributed by atoms with Crippen molar-refractivity contribution >= 4 is 6.29 Å². The molecule has 0 bridgehead atoms. The molecule has 2 nitrogen and oxygen atoms in total. The molecule has 0 N–H and O–H groups in total. The van der Waals surface area contributed by atoms with Crippen LogP contribution in [0.2, 0.25) is 0 Å². The van der Waals surface area contributed by atoms with Gasteiger partial charge in [-0.1, -0.05) is 12.1 Å². The van der Waals surface area contributed by atoms with Gasteiger partial charge in [0.1, 0.15) is 5.82 Å². The second-order valence-corrected chi connectivity index (χ2v) is 3.47. The SMILES string of the molecule is O=Cc1ccc(Cc2ccccn2)cc1F. The lowest BCUT2D eigenvalue weighted by Gasteiger charge is -2.02. The lowest BCUT2D eigenvalue weighted by molar-refractivity contribution is 0.112. The van der Waals surface area contributed by atoms with Crippen molar-refractivity contribution in [3.63, 3.8) is 0 Å². The molecule has 3 heteroatoms. The van der Waals surface area contributed by atoms with E-state index >= 15 is 0 Å². The Kier molecular flexibility index (Phi) is 3.05. The van der Waals surface area contributed by atoms with Crippen molar-refractivity contribution in [1.82, 2.24) is 4.98 Å². The van der Waals surface area contributed by atoms with Crippen LogP contribution in [0.4, 0.5) is 4.39 Å². The Hall–Kier alpha value is -2.03. The normalized spacial score (nSPS) is 10.1. The molecule has 0 aliphatic rings. The van der Waals surface area contributed by atoms with Gasteiger partial charge in [0, 0.05) is 18.3 Å². The van der Waals surface area contributed by atoms with Crippen LogP contribution in [0, 0.1) is 5.82 Å². The summed E-state index contributed by atoms with van der Waals surface area (Å²) in [6, 6.07) is 10.2. The highest BCUT2D eigenvalue weighted by Gasteiger charge is 2.03. The van der Waals surface area contributed by atoms with Gasteiger partial charge in [-0.2, -0.15) is 0 Å². The zero-order chi connectivity index (χ0) is 11.4. The smallest absolute Gasteiger partial charge is 0.152 e. The summed E-state index contributed by atoms with van der Waals surface area (Å²) in [6.07, 6.45) is 2.78. The van der Waals surface area contributed by atoms with Crippen molar-refractivity contribution in [3.05, 3.63) is 65.2 Å². The summed E-state index contributed by atoms with van der Waals surface area (Å²) in [5.41, 5.74) is 1.77. The van der Waals surface area contributed by atoms with Crippen LogP contribution >= 0.6 is 0 Å². The van der Waals surface area contributed by atoms with Crippen LogP contribution < -0.4 is 0 Å². The van der Waals surface area contributed by atoms with Gasteiger partial charge in [0.15, 0.2) is 6.29 Å². The molecule has 0 saturated carbocycles. The van der Waals surface area contributed by atoms with Gasteiger partial charge >= 0.3 is 0 Å². The average molecular weight is 215 g/mol. The fraction of sp³-hybridized carbons (Fsp3) is 0.0769. The standard InChI is InChI=1S/C13H10FNO/c14-13-8-10(4-5-11(13)9-16)7-12-3-1-2-6-15-12/h1-6,8-9H,7H2. The number of aldehydes is 1. The Bertz CT molecular complexity index is 497. The van der Waals surface area contributed by atoms with E-state index in [1.807, 2.05) is 18.2 Å². The molecule has 0 saturated heterocycles. The van der Waals surface area contributed by atoms with Gasteiger partial charge in [-0.05, 0) is 29.8 Å². The summed E-state index contributed by atoms with van der Waals surface area (Å²) in [4.78, 5) is 14.6. The molecule has 0 radical (unpaired) electrons. The van der Waals surface area contributed by atoms with Gasteiger partial charge in [-0.3, -0.25) is 9.78 Å². The highest BCUT2D eigenvalue weighted by atomic mass is 19.1. The van der Waals surface area contributed by atoms with Gasteiger partial charge in [0.25, 0.3) is 0 Å². The first-order chi connectivity index (χ1) is 7.79. The molecule has 1 aromatic carbocycles. The molecule has 1 heterocycles. The summed E-state index contributed by atoms with van der Waals surface area (Å²) in [7, 11) is 0. The van der Waals surface area contributed by atoms with Crippen molar-refractivity contribution in [2.45, 2.75) is 6.42 Å². The first-order valence-electron chi connectivity index (χ1n) is 4.93. The number of carbonyl (C=O) groups is 1. The van der Waals surface area contributed by atoms with E-state index in [1.165, 1.54) is 12.1 Å². The molecule has 0 aliphatic heterocycles. The minimum atomic E-state index is -0.483. The van der Waals surface area contributed by atoms with Gasteiger partial charge in [-0.25, -0.2) is 4.39 Å². The van der Waals surface area contributed by atoms with E-state index in [-0.39, 0.29) is 5.56 Å². The van der Waals surface area contributed by atoms with Crippen LogP contribution in [0.5, 0.6) is 0 Å². The Morgan fingerprint density at radius 2 is 2.12 bits per heavy atom. The molecular weight excluding hydrogens is 205 g/mol. The number of hydrogen-bond donors (Lipinski definition) is 0. The summed E-state index contributed by atoms with van der Waals surface area (Å²) in [6.45, 7) is 0. The van der Waals surface area contributed by atoms with Crippen molar-refractivity contribution in [2.24, 2.45) is 0 Å². The molecule has 0 unspecified atom stereocenters. The number of rotatable bonds is 3. The Labute approximate surface area is 92.8 Å². The molecule has 0 spiro atoms. The molecule has 0 aliphatic carbocycles. The quantitative estimate of drug-likeness (QED) is 0.737. The molecule has 2 aromatic rings. The van der Waals surface area contributed by atoms with Gasteiger partial charge in [-0.15, -0.1) is 0 Å². The fourth-order valence-electron chi connectivity index (χ4n) is 1.49. The van der Waals surface area contributed by atoms with E-state index < -0.39 is 5.82 Å². The van der Waals surface area contributed by atoms with E-state index in [1.54, 1.807) is 12.3 Å². The van der Waals surface area contributed by atoms with E-state index in [2.05, 4.69) is 4.98 Å². The average Bonchev–Trinajstić information content (AvgIpc) is 2.31. The maximum atomic E-state index is 13.3. The highest BCUT2D eigenvalue weighted by molar-refractivity contribution is 5.75. The van der Waals surface area contributed by atoms with E-state index in [0.29, 0.717) is 12.7 Å². The number of halogens is 1. The monoisotopic (exact) mass is 215 g/mol. The fourth-order valence-corrected chi connectivity index (χ4v) is 1.49. The number of benzene rings is 1. The molecule has 0 amide bonds. The van der Waals surface area contributed by atoms with Gasteiger partial charge < -0.3 is 0 Å². The number of nitrogens with zero attached hydrogens (tertiary/aromatic N) is 1. The van der Waals surface area contributed by atoms with Crippen LogP contribution in [-0.4, -0.2) is 11.3 Å². The van der Waals surface area contributed by atoms with E-state index in [0.717, 1.165) is 11.3 Å². The third-order valence-corrected chi connectivity index (χ3v) is 2.30. The minimum absolute atomic E-state index is 0.0878. The number of aromatic nitrogens is 1. The topological polar surface area (TPSA) is 30.0 Å². The highest BCUT2D eigenvalue weighted by Crippen LogP contribution is 2.11. The Morgan fingerprint density at radius 1 is 1.25 bits per heavy atom. The summed E-state index contributed by atoms with van der Waals surface area (Å²) in [5, 5.41) is 0. The van der Waals surface area contributed by atoms with Crippen LogP contribution in [-0.2, 0) is 6.42 Å². The summed E-state index contributed by atoms with van der Waals surface area (Å²) in [5.74, 6) is -0.483. The molecule has 0 atom stereocenters. The summed E-state index contributed by atoms with van der Waals surface area (Å²) >= 11 is 0. The van der Waals surface area contributed by atoms with E-state index in [4.69, 9.17) is 0 Å². The lowest BCUT2D eigenvalue weighted by Crippen LogP contribution is -1.94. The Balaban J connectivity index is 2.23. The molecule has 0 fully saturated rings. The summed E-state index contributed by atoms with van der Waals surface area (Å²) < 4.78 is 13.3.